The Kier molecular flexibility index (Phi) is 6.69. The van der Waals surface area contributed by atoms with Gasteiger partial charge in [-0.05, 0) is 51.0 Å². The van der Waals surface area contributed by atoms with Gasteiger partial charge in [0.1, 0.15) is 0 Å². The SMILES string of the molecule is CCN(CC)c1ccc(NC(=O)C(CC)(CC)CN)cc1. The normalized spacial score (nSPS) is 11.3. The minimum atomic E-state index is -0.461. The number of amides is 1. The van der Waals surface area contributed by atoms with E-state index in [0.29, 0.717) is 6.54 Å². The lowest BCUT2D eigenvalue weighted by Gasteiger charge is -2.28. The molecule has 3 N–H and O–H groups in total. The lowest BCUT2D eigenvalue weighted by atomic mass is 9.81. The second-order valence-corrected chi connectivity index (χ2v) is 5.36. The molecule has 0 spiro atoms. The average molecular weight is 291 g/mol. The van der Waals surface area contributed by atoms with Crippen LogP contribution in [0.5, 0.6) is 0 Å². The number of nitrogens with zero attached hydrogens (tertiary/aromatic N) is 1. The maximum absolute atomic E-state index is 12.5. The number of hydrogen-bond acceptors (Lipinski definition) is 3. The molecule has 0 atom stereocenters. The summed E-state index contributed by atoms with van der Waals surface area (Å²) < 4.78 is 0. The summed E-state index contributed by atoms with van der Waals surface area (Å²) in [6.07, 6.45) is 1.51. The first kappa shape index (κ1) is 17.5. The van der Waals surface area contributed by atoms with Gasteiger partial charge in [0.25, 0.3) is 0 Å². The van der Waals surface area contributed by atoms with Crippen molar-refractivity contribution in [3.05, 3.63) is 24.3 Å². The van der Waals surface area contributed by atoms with E-state index in [-0.39, 0.29) is 5.91 Å². The molecule has 1 amide bonds. The fraction of sp³-hybridized carbons (Fsp3) is 0.588. The first-order valence-electron chi connectivity index (χ1n) is 7.93. The molecule has 4 nitrogen and oxygen atoms in total. The highest BCUT2D eigenvalue weighted by Crippen LogP contribution is 2.27. The molecular formula is C17H29N3O. The summed E-state index contributed by atoms with van der Waals surface area (Å²) in [6.45, 7) is 10.6. The van der Waals surface area contributed by atoms with Gasteiger partial charge < -0.3 is 16.0 Å². The van der Waals surface area contributed by atoms with E-state index in [9.17, 15) is 4.79 Å². The van der Waals surface area contributed by atoms with Gasteiger partial charge in [-0.25, -0.2) is 0 Å². The molecule has 0 radical (unpaired) electrons. The summed E-state index contributed by atoms with van der Waals surface area (Å²) in [5.41, 5.74) is 7.36. The number of carbonyl (C=O) groups excluding carboxylic acids is 1. The predicted molar refractivity (Wildman–Crippen MR) is 90.7 cm³/mol. The number of rotatable bonds is 8. The smallest absolute Gasteiger partial charge is 0.231 e. The number of anilines is 2. The van der Waals surface area contributed by atoms with Gasteiger partial charge in [-0.15, -0.1) is 0 Å². The van der Waals surface area contributed by atoms with Crippen molar-refractivity contribution in [2.75, 3.05) is 29.9 Å². The monoisotopic (exact) mass is 291 g/mol. The number of nitrogens with one attached hydrogen (secondary N) is 1. The van der Waals surface area contributed by atoms with Gasteiger partial charge in [0.2, 0.25) is 5.91 Å². The zero-order valence-electron chi connectivity index (χ0n) is 13.8. The van der Waals surface area contributed by atoms with Crippen molar-refractivity contribution in [3.8, 4) is 0 Å². The van der Waals surface area contributed by atoms with E-state index in [1.807, 2.05) is 38.1 Å². The van der Waals surface area contributed by atoms with E-state index in [2.05, 4.69) is 24.1 Å². The lowest BCUT2D eigenvalue weighted by molar-refractivity contribution is -0.125. The second kappa shape index (κ2) is 8.03. The maximum Gasteiger partial charge on any atom is 0.231 e. The predicted octanol–water partition coefficient (Wildman–Crippen LogP) is 3.24. The second-order valence-electron chi connectivity index (χ2n) is 5.36. The maximum atomic E-state index is 12.5. The van der Waals surface area contributed by atoms with Gasteiger partial charge in [-0.2, -0.15) is 0 Å². The van der Waals surface area contributed by atoms with Crippen molar-refractivity contribution in [2.24, 2.45) is 11.1 Å². The average Bonchev–Trinajstić information content (AvgIpc) is 2.52. The molecule has 4 heteroatoms. The van der Waals surface area contributed by atoms with Crippen molar-refractivity contribution in [1.29, 1.82) is 0 Å². The Bertz CT molecular complexity index is 426. The summed E-state index contributed by atoms with van der Waals surface area (Å²) in [7, 11) is 0. The molecule has 0 aliphatic rings. The first-order valence-corrected chi connectivity index (χ1v) is 7.93. The van der Waals surface area contributed by atoms with Gasteiger partial charge in [0.05, 0.1) is 5.41 Å². The van der Waals surface area contributed by atoms with Crippen LogP contribution >= 0.6 is 0 Å². The minimum absolute atomic E-state index is 0.0191. The van der Waals surface area contributed by atoms with E-state index >= 15 is 0 Å². The minimum Gasteiger partial charge on any atom is -0.372 e. The number of hydrogen-bond donors (Lipinski definition) is 2. The van der Waals surface area contributed by atoms with Crippen LogP contribution in [-0.4, -0.2) is 25.5 Å². The Balaban J connectivity index is 2.82. The number of nitrogens with two attached hydrogens (primary N) is 1. The van der Waals surface area contributed by atoms with Crippen molar-refractivity contribution >= 4 is 17.3 Å². The molecule has 0 heterocycles. The molecule has 0 bridgehead atoms. The van der Waals surface area contributed by atoms with Crippen LogP contribution < -0.4 is 16.0 Å². The summed E-state index contributed by atoms with van der Waals surface area (Å²) in [4.78, 5) is 14.7. The zero-order chi connectivity index (χ0) is 15.9. The van der Waals surface area contributed by atoms with Crippen molar-refractivity contribution in [1.82, 2.24) is 0 Å². The van der Waals surface area contributed by atoms with E-state index < -0.39 is 5.41 Å². The quantitative estimate of drug-likeness (QED) is 0.773. The standard InChI is InChI=1S/C17H29N3O/c1-5-17(6-2,13-18)16(21)19-14-9-11-15(12-10-14)20(7-3)8-4/h9-12H,5-8,13,18H2,1-4H3,(H,19,21). The lowest BCUT2D eigenvalue weighted by Crippen LogP contribution is -2.41. The van der Waals surface area contributed by atoms with Gasteiger partial charge >= 0.3 is 0 Å². The van der Waals surface area contributed by atoms with Crippen molar-refractivity contribution in [2.45, 2.75) is 40.5 Å². The topological polar surface area (TPSA) is 58.4 Å². The van der Waals surface area contributed by atoms with Crippen LogP contribution in [0.15, 0.2) is 24.3 Å². The number of benzene rings is 1. The molecule has 0 aromatic heterocycles. The van der Waals surface area contributed by atoms with E-state index in [4.69, 9.17) is 5.73 Å². The van der Waals surface area contributed by atoms with Crippen LogP contribution in [0.4, 0.5) is 11.4 Å². The highest BCUT2D eigenvalue weighted by atomic mass is 16.2. The molecular weight excluding hydrogens is 262 g/mol. The molecule has 0 aliphatic carbocycles. The fourth-order valence-electron chi connectivity index (χ4n) is 2.56. The highest BCUT2D eigenvalue weighted by molar-refractivity contribution is 5.95. The van der Waals surface area contributed by atoms with Gasteiger partial charge in [0, 0.05) is 31.0 Å². The Morgan fingerprint density at radius 2 is 1.62 bits per heavy atom. The molecule has 0 aliphatic heterocycles. The van der Waals surface area contributed by atoms with Crippen LogP contribution in [0.1, 0.15) is 40.5 Å². The van der Waals surface area contributed by atoms with E-state index in [0.717, 1.165) is 31.6 Å². The van der Waals surface area contributed by atoms with Crippen LogP contribution in [0.25, 0.3) is 0 Å². The number of carbonyl (C=O) groups is 1. The molecule has 0 fully saturated rings. The van der Waals surface area contributed by atoms with Crippen LogP contribution in [0, 0.1) is 5.41 Å². The van der Waals surface area contributed by atoms with E-state index in [1.165, 1.54) is 5.69 Å². The first-order chi connectivity index (χ1) is 10.1. The largest absolute Gasteiger partial charge is 0.372 e. The summed E-state index contributed by atoms with van der Waals surface area (Å²) >= 11 is 0. The molecule has 0 unspecified atom stereocenters. The molecule has 0 saturated carbocycles. The molecule has 0 saturated heterocycles. The van der Waals surface area contributed by atoms with Crippen LogP contribution in [0.3, 0.4) is 0 Å². The summed E-state index contributed by atoms with van der Waals surface area (Å²) in [5, 5.41) is 3.00. The molecule has 118 valence electrons. The third kappa shape index (κ3) is 3.97. The van der Waals surface area contributed by atoms with Crippen LogP contribution in [-0.2, 0) is 4.79 Å². The Morgan fingerprint density at radius 3 is 2.00 bits per heavy atom. The molecule has 21 heavy (non-hydrogen) atoms. The van der Waals surface area contributed by atoms with Gasteiger partial charge in [0.15, 0.2) is 0 Å². The Labute approximate surface area is 128 Å². The molecule has 1 aromatic rings. The third-order valence-corrected chi connectivity index (χ3v) is 4.48. The van der Waals surface area contributed by atoms with Crippen molar-refractivity contribution < 1.29 is 4.79 Å². The van der Waals surface area contributed by atoms with Gasteiger partial charge in [-0.3, -0.25) is 4.79 Å². The van der Waals surface area contributed by atoms with Gasteiger partial charge in [-0.1, -0.05) is 13.8 Å². The van der Waals surface area contributed by atoms with E-state index in [1.54, 1.807) is 0 Å². The summed E-state index contributed by atoms with van der Waals surface area (Å²) in [6, 6.07) is 8.01. The van der Waals surface area contributed by atoms with Crippen LogP contribution in [0.2, 0.25) is 0 Å². The third-order valence-electron chi connectivity index (χ3n) is 4.48. The molecule has 1 rings (SSSR count). The Hall–Kier alpha value is -1.55. The molecule has 1 aromatic carbocycles. The zero-order valence-corrected chi connectivity index (χ0v) is 13.8. The van der Waals surface area contributed by atoms with Crippen molar-refractivity contribution in [3.63, 3.8) is 0 Å². The highest BCUT2D eigenvalue weighted by Gasteiger charge is 2.33. The fourth-order valence-corrected chi connectivity index (χ4v) is 2.56. The summed E-state index contributed by atoms with van der Waals surface area (Å²) in [5.74, 6) is 0.0191. The Morgan fingerprint density at radius 1 is 1.10 bits per heavy atom.